The molecule has 110 valence electrons. The molecule has 0 radical (unpaired) electrons. The maximum absolute atomic E-state index is 12.7. The van der Waals surface area contributed by atoms with E-state index in [0.717, 1.165) is 0 Å². The molecule has 0 spiro atoms. The first kappa shape index (κ1) is 14.3. The summed E-state index contributed by atoms with van der Waals surface area (Å²) in [7, 11) is 0. The standard InChI is InChI=1S/C16H16ClNO3/c1-9-7-18(8-10(2)21-9)14-13(17)15(19)11-5-3-4-6-12(11)16(14)20/h3-6,9-10H,7-8H2,1-2H3/t9-,10-/m1/s1. The lowest BCUT2D eigenvalue weighted by Crippen LogP contribution is -2.47. The molecule has 21 heavy (non-hydrogen) atoms. The Morgan fingerprint density at radius 1 is 1.05 bits per heavy atom. The largest absolute Gasteiger partial charge is 0.372 e. The van der Waals surface area contributed by atoms with Crippen molar-refractivity contribution in [3.05, 3.63) is 46.1 Å². The predicted molar refractivity (Wildman–Crippen MR) is 79.6 cm³/mol. The van der Waals surface area contributed by atoms with Crippen molar-refractivity contribution in [1.29, 1.82) is 0 Å². The number of morpholine rings is 1. The molecule has 0 unspecified atom stereocenters. The molecule has 0 N–H and O–H groups in total. The predicted octanol–water partition coefficient (Wildman–Crippen LogP) is 2.63. The van der Waals surface area contributed by atoms with Crippen LogP contribution in [0.15, 0.2) is 35.0 Å². The van der Waals surface area contributed by atoms with Crippen LogP contribution in [0.1, 0.15) is 34.6 Å². The lowest BCUT2D eigenvalue weighted by atomic mass is 9.91. The molecule has 5 heteroatoms. The lowest BCUT2D eigenvalue weighted by molar-refractivity contribution is -0.0572. The molecule has 0 saturated carbocycles. The van der Waals surface area contributed by atoms with Gasteiger partial charge in [-0.2, -0.15) is 0 Å². The third-order valence-corrected chi connectivity index (χ3v) is 4.13. The van der Waals surface area contributed by atoms with Crippen LogP contribution in [0.3, 0.4) is 0 Å². The molecule has 1 aliphatic carbocycles. The average Bonchev–Trinajstić information content (AvgIpc) is 2.44. The molecule has 1 heterocycles. The molecule has 4 nitrogen and oxygen atoms in total. The number of ether oxygens (including phenoxy) is 1. The summed E-state index contributed by atoms with van der Waals surface area (Å²) in [6, 6.07) is 6.80. The summed E-state index contributed by atoms with van der Waals surface area (Å²) >= 11 is 6.21. The number of fused-ring (bicyclic) bond motifs is 1. The van der Waals surface area contributed by atoms with Crippen molar-refractivity contribution in [2.45, 2.75) is 26.1 Å². The fourth-order valence-electron chi connectivity index (χ4n) is 2.98. The van der Waals surface area contributed by atoms with Gasteiger partial charge in [-0.3, -0.25) is 9.59 Å². The Hall–Kier alpha value is -1.65. The van der Waals surface area contributed by atoms with Gasteiger partial charge in [-0.25, -0.2) is 0 Å². The van der Waals surface area contributed by atoms with Gasteiger partial charge >= 0.3 is 0 Å². The number of halogens is 1. The molecule has 1 aromatic carbocycles. The number of allylic oxidation sites excluding steroid dienone is 2. The van der Waals surface area contributed by atoms with Gasteiger partial charge in [-0.05, 0) is 13.8 Å². The van der Waals surface area contributed by atoms with Crippen LogP contribution in [0, 0.1) is 0 Å². The van der Waals surface area contributed by atoms with Crippen LogP contribution in [-0.2, 0) is 4.74 Å². The second-order valence-electron chi connectivity index (χ2n) is 5.53. The van der Waals surface area contributed by atoms with Crippen LogP contribution in [0.2, 0.25) is 0 Å². The summed E-state index contributed by atoms with van der Waals surface area (Å²) in [6.45, 7) is 4.99. The zero-order valence-corrected chi connectivity index (χ0v) is 12.7. The van der Waals surface area contributed by atoms with E-state index in [1.165, 1.54) is 0 Å². The highest BCUT2D eigenvalue weighted by Crippen LogP contribution is 2.31. The molecule has 0 amide bonds. The third kappa shape index (κ3) is 2.39. The Kier molecular flexibility index (Phi) is 3.59. The summed E-state index contributed by atoms with van der Waals surface area (Å²) in [5.41, 5.74) is 1.11. The summed E-state index contributed by atoms with van der Waals surface area (Å²) in [6.07, 6.45) is -0.0171. The smallest absolute Gasteiger partial charge is 0.211 e. The van der Waals surface area contributed by atoms with Crippen LogP contribution in [0.4, 0.5) is 0 Å². The molecule has 3 rings (SSSR count). The molecular weight excluding hydrogens is 290 g/mol. The molecule has 1 aromatic rings. The van der Waals surface area contributed by atoms with E-state index >= 15 is 0 Å². The normalized spacial score (nSPS) is 26.1. The minimum Gasteiger partial charge on any atom is -0.372 e. The number of hydrogen-bond donors (Lipinski definition) is 0. The number of Topliss-reactive ketones (excluding diaryl/α,β-unsaturated/α-hetero) is 2. The summed E-state index contributed by atoms with van der Waals surface area (Å²) in [4.78, 5) is 27.0. The number of carbonyl (C=O) groups excluding carboxylic acids is 2. The van der Waals surface area contributed by atoms with Crippen LogP contribution >= 0.6 is 11.6 Å². The third-order valence-electron chi connectivity index (χ3n) is 3.77. The average molecular weight is 306 g/mol. The Morgan fingerprint density at radius 2 is 1.57 bits per heavy atom. The van der Waals surface area contributed by atoms with Crippen molar-refractivity contribution in [3.8, 4) is 0 Å². The van der Waals surface area contributed by atoms with Crippen LogP contribution < -0.4 is 0 Å². The van der Waals surface area contributed by atoms with E-state index < -0.39 is 0 Å². The highest BCUT2D eigenvalue weighted by Gasteiger charge is 2.36. The van der Waals surface area contributed by atoms with E-state index in [-0.39, 0.29) is 28.8 Å². The number of rotatable bonds is 1. The van der Waals surface area contributed by atoms with Crippen molar-refractivity contribution in [1.82, 2.24) is 4.90 Å². The van der Waals surface area contributed by atoms with Gasteiger partial charge in [0.1, 0.15) is 10.7 Å². The number of hydrogen-bond acceptors (Lipinski definition) is 4. The second kappa shape index (κ2) is 5.28. The van der Waals surface area contributed by atoms with Crippen molar-refractivity contribution in [2.24, 2.45) is 0 Å². The number of nitrogens with zero attached hydrogens (tertiary/aromatic N) is 1. The van der Waals surface area contributed by atoms with Crippen LogP contribution in [0.5, 0.6) is 0 Å². The minimum absolute atomic E-state index is 0.00853. The summed E-state index contributed by atoms with van der Waals surface area (Å²) in [5, 5.41) is 0.0139. The van der Waals surface area contributed by atoms with Gasteiger partial charge in [-0.1, -0.05) is 35.9 Å². The van der Waals surface area contributed by atoms with Gasteiger partial charge in [0.05, 0.1) is 12.2 Å². The van der Waals surface area contributed by atoms with E-state index in [0.29, 0.717) is 29.9 Å². The number of ketones is 2. The van der Waals surface area contributed by atoms with E-state index in [2.05, 4.69) is 0 Å². The van der Waals surface area contributed by atoms with E-state index in [1.54, 1.807) is 24.3 Å². The van der Waals surface area contributed by atoms with Gasteiger partial charge in [0.2, 0.25) is 11.6 Å². The highest BCUT2D eigenvalue weighted by molar-refractivity contribution is 6.49. The van der Waals surface area contributed by atoms with E-state index in [1.807, 2.05) is 18.7 Å². The number of carbonyl (C=O) groups is 2. The van der Waals surface area contributed by atoms with Crippen molar-refractivity contribution >= 4 is 23.2 Å². The van der Waals surface area contributed by atoms with E-state index in [4.69, 9.17) is 16.3 Å². The van der Waals surface area contributed by atoms with Gasteiger partial charge in [0.15, 0.2) is 0 Å². The molecule has 1 saturated heterocycles. The first-order valence-electron chi connectivity index (χ1n) is 6.97. The van der Waals surface area contributed by atoms with E-state index in [9.17, 15) is 9.59 Å². The fourth-order valence-corrected chi connectivity index (χ4v) is 3.28. The molecule has 1 fully saturated rings. The topological polar surface area (TPSA) is 46.6 Å². The maximum Gasteiger partial charge on any atom is 0.211 e. The van der Waals surface area contributed by atoms with Crippen LogP contribution in [-0.4, -0.2) is 41.8 Å². The first-order chi connectivity index (χ1) is 9.99. The van der Waals surface area contributed by atoms with Gasteiger partial charge < -0.3 is 9.64 Å². The molecular formula is C16H16ClNO3. The second-order valence-corrected chi connectivity index (χ2v) is 5.91. The minimum atomic E-state index is -0.284. The van der Waals surface area contributed by atoms with Crippen molar-refractivity contribution in [2.75, 3.05) is 13.1 Å². The quantitative estimate of drug-likeness (QED) is 0.800. The zero-order valence-electron chi connectivity index (χ0n) is 11.9. The Bertz CT molecular complexity index is 643. The van der Waals surface area contributed by atoms with Gasteiger partial charge in [0, 0.05) is 24.2 Å². The molecule has 0 aromatic heterocycles. The number of benzene rings is 1. The Morgan fingerprint density at radius 3 is 2.14 bits per heavy atom. The van der Waals surface area contributed by atoms with Gasteiger partial charge in [0.25, 0.3) is 0 Å². The molecule has 1 aliphatic heterocycles. The lowest BCUT2D eigenvalue weighted by Gasteiger charge is -2.38. The summed E-state index contributed by atoms with van der Waals surface area (Å²) in [5.74, 6) is -0.467. The van der Waals surface area contributed by atoms with Crippen molar-refractivity contribution in [3.63, 3.8) is 0 Å². The van der Waals surface area contributed by atoms with Crippen molar-refractivity contribution < 1.29 is 14.3 Å². The Balaban J connectivity index is 2.04. The zero-order chi connectivity index (χ0) is 15.1. The molecule has 0 bridgehead atoms. The fraction of sp³-hybridized carbons (Fsp3) is 0.375. The highest BCUT2D eigenvalue weighted by atomic mass is 35.5. The first-order valence-corrected chi connectivity index (χ1v) is 7.35. The van der Waals surface area contributed by atoms with Crippen LogP contribution in [0.25, 0.3) is 0 Å². The van der Waals surface area contributed by atoms with Gasteiger partial charge in [-0.15, -0.1) is 0 Å². The molecule has 2 aliphatic rings. The summed E-state index contributed by atoms with van der Waals surface area (Å²) < 4.78 is 5.67. The maximum atomic E-state index is 12.7. The SMILES string of the molecule is C[C@@H]1CN(C2=C(Cl)C(=O)c3ccccc3C2=O)C[C@@H](C)O1. The Labute approximate surface area is 128 Å². The molecule has 2 atom stereocenters. The monoisotopic (exact) mass is 305 g/mol.